The summed E-state index contributed by atoms with van der Waals surface area (Å²) in [5.41, 5.74) is 1.08. The highest BCUT2D eigenvalue weighted by Gasteiger charge is 2.29. The lowest BCUT2D eigenvalue weighted by atomic mass is 9.97. The van der Waals surface area contributed by atoms with E-state index in [2.05, 4.69) is 10.8 Å². The fraction of sp³-hybridized carbons (Fsp3) is 0.333. The summed E-state index contributed by atoms with van der Waals surface area (Å²) in [5, 5.41) is 1.08. The Bertz CT molecular complexity index is 983. The second kappa shape index (κ2) is 8.32. The van der Waals surface area contributed by atoms with Crippen LogP contribution in [0.4, 0.5) is 8.78 Å². The highest BCUT2D eigenvalue weighted by Crippen LogP contribution is 2.36. The minimum Gasteiger partial charge on any atom is -0.493 e. The van der Waals surface area contributed by atoms with Crippen LogP contribution in [0.25, 0.3) is 10.2 Å². The molecule has 1 aromatic heterocycles. The molecule has 0 spiro atoms. The van der Waals surface area contributed by atoms with Gasteiger partial charge in [0, 0.05) is 19.0 Å². The molecule has 0 unspecified atom stereocenters. The molecule has 29 heavy (non-hydrogen) atoms. The molecule has 0 bridgehead atoms. The average Bonchev–Trinajstić information content (AvgIpc) is 3.17. The molecule has 3 aromatic rings. The molecule has 152 valence electrons. The van der Waals surface area contributed by atoms with Crippen molar-refractivity contribution in [1.29, 1.82) is 0 Å². The number of carbonyl (C=O) groups excluding carboxylic acids is 1. The minimum absolute atomic E-state index is 0.0862. The van der Waals surface area contributed by atoms with Gasteiger partial charge < -0.3 is 14.4 Å². The molecule has 5 nitrogen and oxygen atoms in total. The van der Waals surface area contributed by atoms with E-state index in [0.29, 0.717) is 19.0 Å². The summed E-state index contributed by atoms with van der Waals surface area (Å²) < 4.78 is 36.5. The lowest BCUT2D eigenvalue weighted by Crippen LogP contribution is -2.38. The van der Waals surface area contributed by atoms with E-state index < -0.39 is 6.61 Å². The van der Waals surface area contributed by atoms with Crippen molar-refractivity contribution in [3.05, 3.63) is 53.0 Å². The van der Waals surface area contributed by atoms with Gasteiger partial charge in [-0.3, -0.25) is 4.79 Å². The molecule has 4 rings (SSSR count). The summed E-state index contributed by atoms with van der Waals surface area (Å²) in [4.78, 5) is 19.4. The van der Waals surface area contributed by atoms with Gasteiger partial charge in [0.15, 0.2) is 11.5 Å². The largest absolute Gasteiger partial charge is 0.493 e. The number of nitrogens with zero attached hydrogens (tertiary/aromatic N) is 2. The van der Waals surface area contributed by atoms with Gasteiger partial charge in [0.05, 0.1) is 27.9 Å². The molecule has 0 aliphatic carbocycles. The van der Waals surface area contributed by atoms with Crippen LogP contribution in [-0.4, -0.2) is 42.6 Å². The molecule has 0 saturated carbocycles. The quantitative estimate of drug-likeness (QED) is 0.590. The van der Waals surface area contributed by atoms with Crippen molar-refractivity contribution in [2.45, 2.75) is 25.4 Å². The minimum atomic E-state index is -3.04. The van der Waals surface area contributed by atoms with E-state index in [1.807, 2.05) is 18.2 Å². The number of ether oxygens (including phenoxy) is 2. The second-order valence-electron chi connectivity index (χ2n) is 6.80. The zero-order valence-electron chi connectivity index (χ0n) is 15.8. The molecule has 8 heteroatoms. The molecule has 1 saturated heterocycles. The number of amides is 1. The van der Waals surface area contributed by atoms with Gasteiger partial charge in [-0.15, -0.1) is 11.3 Å². The second-order valence-corrected chi connectivity index (χ2v) is 7.86. The first-order valence-corrected chi connectivity index (χ1v) is 10.1. The first-order valence-electron chi connectivity index (χ1n) is 9.33. The number of hydrogen-bond donors (Lipinski definition) is 0. The lowest BCUT2D eigenvalue weighted by Gasteiger charge is -2.31. The maximum Gasteiger partial charge on any atom is 0.387 e. The third-order valence-corrected chi connectivity index (χ3v) is 6.28. The van der Waals surface area contributed by atoms with E-state index in [-0.39, 0.29) is 23.0 Å². The van der Waals surface area contributed by atoms with Crippen molar-refractivity contribution in [3.8, 4) is 11.5 Å². The first kappa shape index (κ1) is 19.6. The van der Waals surface area contributed by atoms with E-state index in [0.717, 1.165) is 28.1 Å². The van der Waals surface area contributed by atoms with Crippen LogP contribution in [0.1, 0.15) is 34.1 Å². The van der Waals surface area contributed by atoms with Crippen molar-refractivity contribution >= 4 is 27.5 Å². The summed E-state index contributed by atoms with van der Waals surface area (Å²) >= 11 is 1.69. The maximum atomic E-state index is 13.0. The maximum absolute atomic E-state index is 13.0. The lowest BCUT2D eigenvalue weighted by molar-refractivity contribution is -0.0516. The average molecular weight is 418 g/mol. The van der Waals surface area contributed by atoms with Crippen molar-refractivity contribution in [2.75, 3.05) is 20.2 Å². The van der Waals surface area contributed by atoms with Crippen LogP contribution < -0.4 is 9.47 Å². The molecule has 1 aliphatic heterocycles. The first-order chi connectivity index (χ1) is 14.1. The number of para-hydroxylation sites is 2. The van der Waals surface area contributed by atoms with Gasteiger partial charge in [0.25, 0.3) is 5.91 Å². The summed E-state index contributed by atoms with van der Waals surface area (Å²) in [6, 6.07) is 12.6. The summed E-state index contributed by atoms with van der Waals surface area (Å²) in [6.45, 7) is -1.97. The number of thiazole rings is 1. The molecule has 1 amide bonds. The van der Waals surface area contributed by atoms with E-state index in [1.165, 1.54) is 19.2 Å². The molecule has 1 aliphatic rings. The monoisotopic (exact) mass is 418 g/mol. The topological polar surface area (TPSA) is 51.7 Å². The van der Waals surface area contributed by atoms with Crippen molar-refractivity contribution in [3.63, 3.8) is 0 Å². The standard InChI is InChI=1S/C21H20F2N2O3S/c1-27-16-7-4-5-14(18(16)28-21(22)23)20(26)25-11-9-13(10-12-25)19-24-15-6-2-3-8-17(15)29-19/h2-8,13,21H,9-12H2,1H3. The van der Waals surface area contributed by atoms with Crippen LogP contribution in [0.5, 0.6) is 11.5 Å². The van der Waals surface area contributed by atoms with Crippen molar-refractivity contribution in [1.82, 2.24) is 9.88 Å². The smallest absolute Gasteiger partial charge is 0.387 e. The van der Waals surface area contributed by atoms with Crippen LogP contribution >= 0.6 is 11.3 Å². The van der Waals surface area contributed by atoms with Gasteiger partial charge in [0.1, 0.15) is 0 Å². The van der Waals surface area contributed by atoms with Gasteiger partial charge in [-0.1, -0.05) is 18.2 Å². The van der Waals surface area contributed by atoms with Gasteiger partial charge in [-0.05, 0) is 37.1 Å². The Morgan fingerprint density at radius 3 is 2.62 bits per heavy atom. The molecule has 0 atom stereocenters. The Hall–Kier alpha value is -2.74. The van der Waals surface area contributed by atoms with E-state index in [1.54, 1.807) is 22.3 Å². The Balaban J connectivity index is 1.49. The molecular weight excluding hydrogens is 398 g/mol. The van der Waals surface area contributed by atoms with E-state index in [9.17, 15) is 13.6 Å². The number of fused-ring (bicyclic) bond motifs is 1. The Kier molecular flexibility index (Phi) is 5.62. The summed E-state index contributed by atoms with van der Waals surface area (Å²) in [5.74, 6) is -0.148. The molecule has 2 aromatic carbocycles. The molecule has 0 radical (unpaired) electrons. The third kappa shape index (κ3) is 4.03. The molecule has 0 N–H and O–H groups in total. The van der Waals surface area contributed by atoms with E-state index in [4.69, 9.17) is 9.72 Å². The number of rotatable bonds is 5. The number of methoxy groups -OCH3 is 1. The predicted molar refractivity (Wildman–Crippen MR) is 107 cm³/mol. The summed E-state index contributed by atoms with van der Waals surface area (Å²) in [6.07, 6.45) is 1.56. The number of piperidine rings is 1. The predicted octanol–water partition coefficient (Wildman–Crippen LogP) is 4.93. The van der Waals surface area contributed by atoms with Gasteiger partial charge in [-0.2, -0.15) is 8.78 Å². The van der Waals surface area contributed by atoms with Crippen molar-refractivity contribution < 1.29 is 23.0 Å². The van der Waals surface area contributed by atoms with Crippen LogP contribution in [0.2, 0.25) is 0 Å². The number of likely N-dealkylation sites (tertiary alicyclic amines) is 1. The Morgan fingerprint density at radius 1 is 1.17 bits per heavy atom. The zero-order valence-corrected chi connectivity index (χ0v) is 16.6. The third-order valence-electron chi connectivity index (χ3n) is 5.08. The number of carbonyl (C=O) groups is 1. The molecular formula is C21H20F2N2O3S. The van der Waals surface area contributed by atoms with Crippen LogP contribution in [0, 0.1) is 0 Å². The number of halogens is 2. The normalized spacial score (nSPS) is 15.1. The number of aromatic nitrogens is 1. The number of hydrogen-bond acceptors (Lipinski definition) is 5. The molecule has 1 fully saturated rings. The fourth-order valence-corrected chi connectivity index (χ4v) is 4.76. The zero-order chi connectivity index (χ0) is 20.4. The van der Waals surface area contributed by atoms with Crippen LogP contribution in [0.3, 0.4) is 0 Å². The Labute approximate surface area is 170 Å². The van der Waals surface area contributed by atoms with Gasteiger partial charge in [-0.25, -0.2) is 4.98 Å². The fourth-order valence-electron chi connectivity index (χ4n) is 3.62. The Morgan fingerprint density at radius 2 is 1.93 bits per heavy atom. The van der Waals surface area contributed by atoms with Gasteiger partial charge in [0.2, 0.25) is 0 Å². The van der Waals surface area contributed by atoms with E-state index >= 15 is 0 Å². The van der Waals surface area contributed by atoms with Gasteiger partial charge >= 0.3 is 6.61 Å². The highest BCUT2D eigenvalue weighted by molar-refractivity contribution is 7.18. The van der Waals surface area contributed by atoms with Crippen LogP contribution in [-0.2, 0) is 0 Å². The van der Waals surface area contributed by atoms with Crippen molar-refractivity contribution in [2.24, 2.45) is 0 Å². The number of alkyl halides is 2. The SMILES string of the molecule is COc1cccc(C(=O)N2CCC(c3nc4ccccc4s3)CC2)c1OC(F)F. The summed E-state index contributed by atoms with van der Waals surface area (Å²) in [7, 11) is 1.35. The molecule has 2 heterocycles. The highest BCUT2D eigenvalue weighted by atomic mass is 32.1. The number of benzene rings is 2. The van der Waals surface area contributed by atoms with Crippen LogP contribution in [0.15, 0.2) is 42.5 Å².